The maximum atomic E-state index is 13.4. The van der Waals surface area contributed by atoms with E-state index in [2.05, 4.69) is 0 Å². The van der Waals surface area contributed by atoms with Crippen LogP contribution in [0.2, 0.25) is 0 Å². The van der Waals surface area contributed by atoms with Crippen molar-refractivity contribution in [3.05, 3.63) is 58.1 Å². The maximum absolute atomic E-state index is 13.4. The minimum Gasteiger partial charge on any atom is -0.493 e. The van der Waals surface area contributed by atoms with Crippen molar-refractivity contribution in [1.82, 2.24) is 4.90 Å². The van der Waals surface area contributed by atoms with Crippen molar-refractivity contribution < 1.29 is 23.8 Å². The van der Waals surface area contributed by atoms with E-state index in [0.29, 0.717) is 30.0 Å². The molecule has 1 heterocycles. The summed E-state index contributed by atoms with van der Waals surface area (Å²) in [5.74, 6) is 0.751. The van der Waals surface area contributed by atoms with Crippen LogP contribution in [0.15, 0.2) is 30.3 Å². The van der Waals surface area contributed by atoms with Crippen LogP contribution < -0.4 is 9.47 Å². The van der Waals surface area contributed by atoms with Crippen LogP contribution in [0.3, 0.4) is 0 Å². The van der Waals surface area contributed by atoms with Crippen molar-refractivity contribution in [3.63, 3.8) is 0 Å². The summed E-state index contributed by atoms with van der Waals surface area (Å²) >= 11 is 0. The number of ether oxygens (including phenoxy) is 3. The topological polar surface area (TPSA) is 65.1 Å². The van der Waals surface area contributed by atoms with Gasteiger partial charge in [0.2, 0.25) is 0 Å². The zero-order valence-corrected chi connectivity index (χ0v) is 17.6. The molecular formula is C23H27NO5. The lowest BCUT2D eigenvalue weighted by molar-refractivity contribution is -0.141. The number of hydrogen-bond donors (Lipinski definition) is 0. The highest BCUT2D eigenvalue weighted by atomic mass is 16.5. The van der Waals surface area contributed by atoms with Gasteiger partial charge in [-0.2, -0.15) is 0 Å². The van der Waals surface area contributed by atoms with Crippen molar-refractivity contribution in [3.8, 4) is 11.5 Å². The van der Waals surface area contributed by atoms with Gasteiger partial charge in [0.1, 0.15) is 0 Å². The van der Waals surface area contributed by atoms with Crippen molar-refractivity contribution >= 4 is 11.9 Å². The van der Waals surface area contributed by atoms with E-state index in [1.54, 1.807) is 19.1 Å². The fraction of sp³-hybridized carbons (Fsp3) is 0.391. The molecule has 6 nitrogen and oxygen atoms in total. The number of hydrogen-bond acceptors (Lipinski definition) is 5. The zero-order chi connectivity index (χ0) is 21.1. The Labute approximate surface area is 171 Å². The average Bonchev–Trinajstić information content (AvgIpc) is 2.71. The molecule has 1 aliphatic heterocycles. The summed E-state index contributed by atoms with van der Waals surface area (Å²) in [6, 6.07) is 9.16. The summed E-state index contributed by atoms with van der Waals surface area (Å²) < 4.78 is 15.8. The van der Waals surface area contributed by atoms with E-state index >= 15 is 0 Å². The van der Waals surface area contributed by atoms with Crippen LogP contribution in [-0.4, -0.2) is 44.7 Å². The van der Waals surface area contributed by atoms with Gasteiger partial charge in [-0.1, -0.05) is 17.2 Å². The highest BCUT2D eigenvalue weighted by molar-refractivity contribution is 5.95. The van der Waals surface area contributed by atoms with Gasteiger partial charge in [0.05, 0.1) is 33.8 Å². The van der Waals surface area contributed by atoms with Crippen molar-refractivity contribution in [2.24, 2.45) is 0 Å². The Hall–Kier alpha value is -3.02. The molecule has 1 amide bonds. The second-order valence-electron chi connectivity index (χ2n) is 7.33. The molecule has 0 spiro atoms. The number of rotatable bonds is 5. The highest BCUT2D eigenvalue weighted by Gasteiger charge is 2.34. The molecule has 29 heavy (non-hydrogen) atoms. The number of nitrogens with zero attached hydrogens (tertiary/aromatic N) is 1. The highest BCUT2D eigenvalue weighted by Crippen LogP contribution is 2.40. The zero-order valence-electron chi connectivity index (χ0n) is 17.6. The minimum absolute atomic E-state index is 0.0789. The quantitative estimate of drug-likeness (QED) is 0.721. The van der Waals surface area contributed by atoms with E-state index < -0.39 is 6.04 Å². The predicted molar refractivity (Wildman–Crippen MR) is 110 cm³/mol. The molecule has 0 aromatic heterocycles. The third-order valence-corrected chi connectivity index (χ3v) is 5.32. The molecule has 0 unspecified atom stereocenters. The van der Waals surface area contributed by atoms with Gasteiger partial charge in [0.15, 0.2) is 11.5 Å². The molecule has 0 saturated carbocycles. The van der Waals surface area contributed by atoms with Gasteiger partial charge in [-0.3, -0.25) is 9.59 Å². The number of carbonyl (C=O) groups excluding carboxylic acids is 2. The van der Waals surface area contributed by atoms with Gasteiger partial charge >= 0.3 is 5.97 Å². The molecule has 0 aliphatic carbocycles. The van der Waals surface area contributed by atoms with Gasteiger partial charge in [0, 0.05) is 12.1 Å². The fourth-order valence-corrected chi connectivity index (χ4v) is 4.00. The number of aryl methyl sites for hydroxylation is 2. The van der Waals surface area contributed by atoms with E-state index in [4.69, 9.17) is 14.2 Å². The summed E-state index contributed by atoms with van der Waals surface area (Å²) in [4.78, 5) is 27.3. The first-order valence-corrected chi connectivity index (χ1v) is 9.58. The minimum atomic E-state index is -0.431. The Kier molecular flexibility index (Phi) is 6.11. The number of esters is 1. The molecule has 6 heteroatoms. The van der Waals surface area contributed by atoms with Crippen LogP contribution in [0.4, 0.5) is 0 Å². The lowest BCUT2D eigenvalue weighted by atomic mass is 9.89. The van der Waals surface area contributed by atoms with Crippen molar-refractivity contribution in [2.75, 3.05) is 27.9 Å². The Morgan fingerprint density at radius 1 is 0.966 bits per heavy atom. The molecule has 1 atom stereocenters. The maximum Gasteiger partial charge on any atom is 0.307 e. The standard InChI is InChI=1S/C23H27NO5/c1-14-8-15(2)10-17(9-14)23(26)24-7-6-16-11-20(27-3)21(28-4)12-18(16)19(24)13-22(25)29-5/h8-12,19H,6-7,13H2,1-5H3/t19-/m1/s1. The van der Waals surface area contributed by atoms with Crippen LogP contribution in [-0.2, 0) is 16.0 Å². The largest absolute Gasteiger partial charge is 0.493 e. The molecule has 0 N–H and O–H groups in total. The summed E-state index contributed by atoms with van der Waals surface area (Å²) in [6.07, 6.45) is 0.749. The van der Waals surface area contributed by atoms with E-state index in [0.717, 1.165) is 22.3 Å². The molecule has 0 saturated heterocycles. The fourth-order valence-electron chi connectivity index (χ4n) is 4.00. The molecule has 1 aliphatic rings. The molecule has 3 rings (SSSR count). The summed E-state index contributed by atoms with van der Waals surface area (Å²) in [5, 5.41) is 0. The second-order valence-corrected chi connectivity index (χ2v) is 7.33. The lowest BCUT2D eigenvalue weighted by Gasteiger charge is -2.37. The SMILES string of the molecule is COC(=O)C[C@@H]1c2cc(OC)c(OC)cc2CCN1C(=O)c1cc(C)cc(C)c1. The smallest absolute Gasteiger partial charge is 0.307 e. The van der Waals surface area contributed by atoms with Crippen molar-refractivity contribution in [2.45, 2.75) is 32.7 Å². The van der Waals surface area contributed by atoms with Gasteiger partial charge in [0.25, 0.3) is 5.91 Å². The van der Waals surface area contributed by atoms with Gasteiger partial charge < -0.3 is 19.1 Å². The van der Waals surface area contributed by atoms with E-state index in [-0.39, 0.29) is 18.3 Å². The molecular weight excluding hydrogens is 370 g/mol. The average molecular weight is 397 g/mol. The normalized spacial score (nSPS) is 15.5. The van der Waals surface area contributed by atoms with Crippen LogP contribution in [0.25, 0.3) is 0 Å². The van der Waals surface area contributed by atoms with Crippen molar-refractivity contribution in [1.29, 1.82) is 0 Å². The number of benzene rings is 2. The molecule has 2 aromatic rings. The third-order valence-electron chi connectivity index (χ3n) is 5.32. The van der Waals surface area contributed by atoms with E-state index in [9.17, 15) is 9.59 Å². The molecule has 0 radical (unpaired) electrons. The Balaban J connectivity index is 2.06. The summed E-state index contributed by atoms with van der Waals surface area (Å²) in [5.41, 5.74) is 4.61. The number of methoxy groups -OCH3 is 3. The third kappa shape index (κ3) is 4.21. The Bertz CT molecular complexity index is 917. The molecule has 0 fully saturated rings. The Morgan fingerprint density at radius 3 is 2.17 bits per heavy atom. The first kappa shape index (κ1) is 20.7. The molecule has 2 aromatic carbocycles. The predicted octanol–water partition coefficient (Wildman–Crippen LogP) is 3.62. The number of fused-ring (bicyclic) bond motifs is 1. The van der Waals surface area contributed by atoms with Crippen LogP contribution >= 0.6 is 0 Å². The summed E-state index contributed by atoms with van der Waals surface area (Å²) in [6.45, 7) is 4.45. The first-order valence-electron chi connectivity index (χ1n) is 9.58. The van der Waals surface area contributed by atoms with Gasteiger partial charge in [-0.25, -0.2) is 0 Å². The molecule has 0 bridgehead atoms. The van der Waals surface area contributed by atoms with Crippen LogP contribution in [0.1, 0.15) is 45.1 Å². The van der Waals surface area contributed by atoms with Crippen LogP contribution in [0, 0.1) is 13.8 Å². The second kappa shape index (κ2) is 8.55. The summed E-state index contributed by atoms with van der Waals surface area (Å²) in [7, 11) is 4.52. The Morgan fingerprint density at radius 2 is 1.59 bits per heavy atom. The monoisotopic (exact) mass is 397 g/mol. The molecule has 154 valence electrons. The first-order chi connectivity index (χ1) is 13.9. The number of amides is 1. The number of carbonyl (C=O) groups is 2. The van der Waals surface area contributed by atoms with E-state index in [1.165, 1.54) is 7.11 Å². The van der Waals surface area contributed by atoms with Gasteiger partial charge in [-0.15, -0.1) is 0 Å². The lowest BCUT2D eigenvalue weighted by Crippen LogP contribution is -2.41. The van der Waals surface area contributed by atoms with Crippen LogP contribution in [0.5, 0.6) is 11.5 Å². The van der Waals surface area contributed by atoms with E-state index in [1.807, 2.05) is 44.2 Å². The van der Waals surface area contributed by atoms with Gasteiger partial charge in [-0.05, 0) is 55.7 Å².